The summed E-state index contributed by atoms with van der Waals surface area (Å²) in [6.45, 7) is 0.580. The Bertz CT molecular complexity index is 683. The molecule has 1 heterocycles. The summed E-state index contributed by atoms with van der Waals surface area (Å²) in [5.74, 6) is 0.877. The molecule has 2 aromatic rings. The second-order valence-corrected chi connectivity index (χ2v) is 6.16. The van der Waals surface area contributed by atoms with Crippen LogP contribution < -0.4 is 4.74 Å². The average Bonchev–Trinajstić information content (AvgIpc) is 3.00. The van der Waals surface area contributed by atoms with E-state index in [4.69, 9.17) is 9.47 Å². The largest absolute Gasteiger partial charge is 0.508 e. The van der Waals surface area contributed by atoms with Gasteiger partial charge in [0.05, 0.1) is 19.8 Å². The van der Waals surface area contributed by atoms with E-state index in [1.165, 1.54) is 7.11 Å². The minimum Gasteiger partial charge on any atom is -0.508 e. The molecule has 128 valence electrons. The van der Waals surface area contributed by atoms with Crippen LogP contribution in [0.2, 0.25) is 0 Å². The Labute approximate surface area is 141 Å². The Morgan fingerprint density at radius 3 is 2.54 bits per heavy atom. The third kappa shape index (κ3) is 3.32. The standard InChI is InChI=1S/C19H22O5/c1-23-18-9-13(4-7-17(18)22)19-16(10-20)14(11-24-19)8-12-2-5-15(21)6-3-12/h2-7,9,14,16,19-22H,8,10-11H2,1H3. The summed E-state index contributed by atoms with van der Waals surface area (Å²) in [6, 6.07) is 12.3. The highest BCUT2D eigenvalue weighted by Gasteiger charge is 2.37. The molecule has 3 unspecified atom stereocenters. The summed E-state index contributed by atoms with van der Waals surface area (Å²) in [4.78, 5) is 0. The zero-order chi connectivity index (χ0) is 17.1. The van der Waals surface area contributed by atoms with E-state index in [-0.39, 0.29) is 36.0 Å². The highest BCUT2D eigenvalue weighted by Crippen LogP contribution is 2.41. The van der Waals surface area contributed by atoms with E-state index in [9.17, 15) is 15.3 Å². The van der Waals surface area contributed by atoms with Gasteiger partial charge in [-0.05, 0) is 47.7 Å². The zero-order valence-electron chi connectivity index (χ0n) is 13.6. The number of hydrogen-bond acceptors (Lipinski definition) is 5. The first-order valence-electron chi connectivity index (χ1n) is 7.99. The molecule has 3 atom stereocenters. The number of phenolic OH excluding ortho intramolecular Hbond substituents is 2. The number of aliphatic hydroxyl groups is 1. The lowest BCUT2D eigenvalue weighted by molar-refractivity contribution is 0.0717. The van der Waals surface area contributed by atoms with Gasteiger partial charge >= 0.3 is 0 Å². The van der Waals surface area contributed by atoms with E-state index >= 15 is 0 Å². The summed E-state index contributed by atoms with van der Waals surface area (Å²) in [5.41, 5.74) is 1.99. The number of hydrogen-bond donors (Lipinski definition) is 3. The molecule has 0 radical (unpaired) electrons. The van der Waals surface area contributed by atoms with Gasteiger partial charge in [-0.15, -0.1) is 0 Å². The molecule has 24 heavy (non-hydrogen) atoms. The molecule has 3 rings (SSSR count). The maximum Gasteiger partial charge on any atom is 0.160 e. The molecule has 5 heteroatoms. The number of ether oxygens (including phenoxy) is 2. The molecule has 1 fully saturated rings. The molecule has 0 bridgehead atoms. The predicted octanol–water partition coefficient (Wildman–Crippen LogP) is 2.65. The van der Waals surface area contributed by atoms with Crippen molar-refractivity contribution in [3.05, 3.63) is 53.6 Å². The van der Waals surface area contributed by atoms with Crippen LogP contribution in [0, 0.1) is 11.8 Å². The smallest absolute Gasteiger partial charge is 0.160 e. The van der Waals surface area contributed by atoms with Gasteiger partial charge in [0.25, 0.3) is 0 Å². The first-order valence-corrected chi connectivity index (χ1v) is 7.99. The van der Waals surface area contributed by atoms with E-state index in [2.05, 4.69) is 0 Å². The van der Waals surface area contributed by atoms with E-state index in [1.54, 1.807) is 30.3 Å². The summed E-state index contributed by atoms with van der Waals surface area (Å²) in [7, 11) is 1.51. The van der Waals surface area contributed by atoms with Crippen LogP contribution in [-0.4, -0.2) is 35.6 Å². The Kier molecular flexibility index (Phi) is 4.92. The van der Waals surface area contributed by atoms with Gasteiger partial charge in [-0.2, -0.15) is 0 Å². The van der Waals surface area contributed by atoms with Crippen molar-refractivity contribution in [3.8, 4) is 17.2 Å². The molecule has 0 amide bonds. The lowest BCUT2D eigenvalue weighted by Gasteiger charge is -2.21. The molecule has 0 aliphatic carbocycles. The topological polar surface area (TPSA) is 79.2 Å². The molecule has 0 spiro atoms. The molecule has 0 saturated carbocycles. The Balaban J connectivity index is 1.78. The summed E-state index contributed by atoms with van der Waals surface area (Å²) >= 11 is 0. The van der Waals surface area contributed by atoms with Crippen molar-refractivity contribution >= 4 is 0 Å². The average molecular weight is 330 g/mol. The molecular formula is C19H22O5. The number of methoxy groups -OCH3 is 1. The number of phenols is 2. The number of rotatable bonds is 5. The van der Waals surface area contributed by atoms with E-state index in [0.717, 1.165) is 17.5 Å². The minimum atomic E-state index is -0.230. The number of aromatic hydroxyl groups is 2. The highest BCUT2D eigenvalue weighted by molar-refractivity contribution is 5.42. The number of aliphatic hydroxyl groups excluding tert-OH is 1. The van der Waals surface area contributed by atoms with Crippen LogP contribution in [0.5, 0.6) is 17.2 Å². The first kappa shape index (κ1) is 16.6. The van der Waals surface area contributed by atoms with Crippen molar-refractivity contribution in [2.75, 3.05) is 20.3 Å². The Morgan fingerprint density at radius 1 is 1.12 bits per heavy atom. The third-order valence-corrected chi connectivity index (χ3v) is 4.66. The SMILES string of the molecule is COc1cc(C2OCC(Cc3ccc(O)cc3)C2CO)ccc1O. The fraction of sp³-hybridized carbons (Fsp3) is 0.368. The van der Waals surface area contributed by atoms with Gasteiger partial charge in [0.15, 0.2) is 11.5 Å². The molecule has 3 N–H and O–H groups in total. The lowest BCUT2D eigenvalue weighted by atomic mass is 9.84. The molecule has 5 nitrogen and oxygen atoms in total. The highest BCUT2D eigenvalue weighted by atomic mass is 16.5. The molecule has 0 aromatic heterocycles. The summed E-state index contributed by atoms with van der Waals surface area (Å²) < 4.78 is 11.1. The minimum absolute atomic E-state index is 0.0244. The van der Waals surface area contributed by atoms with Crippen LogP contribution >= 0.6 is 0 Å². The van der Waals surface area contributed by atoms with Gasteiger partial charge in [-0.25, -0.2) is 0 Å². The lowest BCUT2D eigenvalue weighted by Crippen LogP contribution is -2.21. The van der Waals surface area contributed by atoms with Crippen molar-refractivity contribution in [1.29, 1.82) is 0 Å². The van der Waals surface area contributed by atoms with Crippen molar-refractivity contribution in [2.45, 2.75) is 12.5 Å². The van der Waals surface area contributed by atoms with Gasteiger partial charge in [0.1, 0.15) is 5.75 Å². The van der Waals surface area contributed by atoms with Gasteiger partial charge in [0, 0.05) is 12.5 Å². The van der Waals surface area contributed by atoms with Crippen LogP contribution in [0.1, 0.15) is 17.2 Å². The van der Waals surface area contributed by atoms with Gasteiger partial charge in [-0.3, -0.25) is 0 Å². The normalized spacial score (nSPS) is 23.3. The van der Waals surface area contributed by atoms with Crippen molar-refractivity contribution in [2.24, 2.45) is 11.8 Å². The van der Waals surface area contributed by atoms with E-state index in [1.807, 2.05) is 12.1 Å². The summed E-state index contributed by atoms with van der Waals surface area (Å²) in [5, 5.41) is 29.0. The molecular weight excluding hydrogens is 308 g/mol. The Hall–Kier alpha value is -2.24. The number of benzene rings is 2. The van der Waals surface area contributed by atoms with Crippen molar-refractivity contribution in [3.63, 3.8) is 0 Å². The summed E-state index contributed by atoms with van der Waals surface area (Å²) in [6.07, 6.45) is 0.545. The van der Waals surface area contributed by atoms with E-state index in [0.29, 0.717) is 12.4 Å². The first-order chi connectivity index (χ1) is 11.6. The Morgan fingerprint density at radius 2 is 1.88 bits per heavy atom. The molecule has 1 saturated heterocycles. The van der Waals surface area contributed by atoms with Crippen LogP contribution in [-0.2, 0) is 11.2 Å². The van der Waals surface area contributed by atoms with Crippen LogP contribution in [0.15, 0.2) is 42.5 Å². The monoisotopic (exact) mass is 330 g/mol. The van der Waals surface area contributed by atoms with Crippen molar-refractivity contribution in [1.82, 2.24) is 0 Å². The second-order valence-electron chi connectivity index (χ2n) is 6.16. The quantitative estimate of drug-likeness (QED) is 0.785. The van der Waals surface area contributed by atoms with E-state index < -0.39 is 0 Å². The fourth-order valence-electron chi connectivity index (χ4n) is 3.33. The maximum absolute atomic E-state index is 9.87. The third-order valence-electron chi connectivity index (χ3n) is 4.66. The zero-order valence-corrected chi connectivity index (χ0v) is 13.6. The molecule has 1 aliphatic rings. The predicted molar refractivity (Wildman–Crippen MR) is 89.2 cm³/mol. The van der Waals surface area contributed by atoms with Gasteiger partial charge < -0.3 is 24.8 Å². The van der Waals surface area contributed by atoms with Crippen LogP contribution in [0.4, 0.5) is 0 Å². The van der Waals surface area contributed by atoms with Gasteiger partial charge in [0.2, 0.25) is 0 Å². The molecule has 1 aliphatic heterocycles. The van der Waals surface area contributed by atoms with Crippen molar-refractivity contribution < 1.29 is 24.8 Å². The van der Waals surface area contributed by atoms with Crippen LogP contribution in [0.25, 0.3) is 0 Å². The second kappa shape index (κ2) is 7.11. The maximum atomic E-state index is 9.87. The van der Waals surface area contributed by atoms with Crippen LogP contribution in [0.3, 0.4) is 0 Å². The molecule has 2 aromatic carbocycles. The fourth-order valence-corrected chi connectivity index (χ4v) is 3.33. The van der Waals surface area contributed by atoms with Gasteiger partial charge in [-0.1, -0.05) is 18.2 Å².